The molecule has 8 heteroatoms. The number of hydrogen-bond donors (Lipinski definition) is 1. The number of Topliss-reactive ketones (excluding diaryl/α,β-unsaturated/α-hetero) is 1. The molecule has 4 fully saturated rings. The summed E-state index contributed by atoms with van der Waals surface area (Å²) in [5, 5.41) is 9.53. The van der Waals surface area contributed by atoms with Crippen molar-refractivity contribution in [3.8, 4) is 0 Å². The Morgan fingerprint density at radius 2 is 1.71 bits per heavy atom. The number of carbonyl (C=O) groups is 5. The number of carboxylic acids is 1. The van der Waals surface area contributed by atoms with Crippen LogP contribution in [0.1, 0.15) is 87.0 Å². The topological polar surface area (TPSA) is 124 Å². The van der Waals surface area contributed by atoms with Gasteiger partial charge in [-0.25, -0.2) is 0 Å². The lowest BCUT2D eigenvalue weighted by molar-refractivity contribution is -0.166. The second-order valence-corrected chi connectivity index (χ2v) is 14.7. The lowest BCUT2D eigenvalue weighted by Crippen LogP contribution is -2.56. The maximum absolute atomic E-state index is 13.7. The molecule has 5 aliphatic rings. The zero-order chi connectivity index (χ0) is 31.2. The summed E-state index contributed by atoms with van der Waals surface area (Å²) in [4.78, 5) is 62.7. The fraction of sp³-hybridized carbons (Fsp3) is 0.735. The number of hydrogen-bond acceptors (Lipinski definition) is 7. The van der Waals surface area contributed by atoms with E-state index in [0.29, 0.717) is 18.3 Å². The highest BCUT2D eigenvalue weighted by Crippen LogP contribution is 2.87. The Balaban J connectivity index is 1.54. The van der Waals surface area contributed by atoms with Crippen molar-refractivity contribution in [1.29, 1.82) is 0 Å². The normalized spacial score (nSPS) is 43.4. The number of rotatable bonds is 8. The summed E-state index contributed by atoms with van der Waals surface area (Å²) < 4.78 is 11.7. The molecule has 0 saturated heterocycles. The SMILES string of the molecule is C=C(C(=O)[C@H](OC(C)=O)[C@@H](C)[C@H]1[C@@H](OC(C)=O)C[C@@]2(C)[C@@H]3CC[C@H]4[C@H](C)C(=O)C=C[C@@]45C[C@@]35CC[C@]12C)[C@@H](C)C(=O)O. The quantitative estimate of drug-likeness (QED) is 0.301. The Kier molecular flexibility index (Phi) is 7.22. The molecule has 0 aromatic rings. The molecule has 0 bridgehead atoms. The molecule has 42 heavy (non-hydrogen) atoms. The zero-order valence-electron chi connectivity index (χ0n) is 26.0. The lowest BCUT2D eigenvalue weighted by Gasteiger charge is -2.61. The first-order chi connectivity index (χ1) is 19.5. The van der Waals surface area contributed by atoms with Crippen LogP contribution in [0.5, 0.6) is 0 Å². The minimum absolute atomic E-state index is 0.0263. The van der Waals surface area contributed by atoms with E-state index in [1.54, 1.807) is 0 Å². The monoisotopic (exact) mass is 582 g/mol. The number of aliphatic carboxylic acids is 1. The number of carboxylic acid groups (broad SMARTS) is 1. The summed E-state index contributed by atoms with van der Waals surface area (Å²) in [6.07, 6.45) is 7.83. The molecule has 12 atom stereocenters. The average Bonchev–Trinajstić information content (AvgIpc) is 3.52. The highest BCUT2D eigenvalue weighted by Gasteiger charge is 2.81. The molecule has 5 aliphatic carbocycles. The van der Waals surface area contributed by atoms with Gasteiger partial charge in [-0.15, -0.1) is 0 Å². The number of fused-ring (bicyclic) bond motifs is 2. The van der Waals surface area contributed by atoms with Crippen LogP contribution < -0.4 is 0 Å². The number of ether oxygens (including phenoxy) is 2. The van der Waals surface area contributed by atoms with Gasteiger partial charge in [0.05, 0.1) is 5.92 Å². The van der Waals surface area contributed by atoms with Gasteiger partial charge in [-0.1, -0.05) is 40.3 Å². The summed E-state index contributed by atoms with van der Waals surface area (Å²) in [7, 11) is 0. The first-order valence-corrected chi connectivity index (χ1v) is 15.5. The van der Waals surface area contributed by atoms with E-state index >= 15 is 0 Å². The van der Waals surface area contributed by atoms with Crippen LogP contribution in [0.15, 0.2) is 24.3 Å². The van der Waals surface area contributed by atoms with Gasteiger partial charge in [0.2, 0.25) is 0 Å². The molecule has 230 valence electrons. The van der Waals surface area contributed by atoms with Crippen LogP contribution in [0.3, 0.4) is 0 Å². The van der Waals surface area contributed by atoms with Gasteiger partial charge in [0, 0.05) is 37.2 Å². The Labute approximate surface area is 248 Å². The third kappa shape index (κ3) is 4.02. The van der Waals surface area contributed by atoms with E-state index in [2.05, 4.69) is 33.4 Å². The van der Waals surface area contributed by atoms with Gasteiger partial charge in [-0.05, 0) is 85.0 Å². The van der Waals surface area contributed by atoms with Gasteiger partial charge in [0.15, 0.2) is 17.7 Å². The largest absolute Gasteiger partial charge is 0.481 e. The molecule has 1 N–H and O–H groups in total. The second kappa shape index (κ2) is 9.88. The van der Waals surface area contributed by atoms with E-state index in [4.69, 9.17) is 9.47 Å². The molecular formula is C34H46O8. The summed E-state index contributed by atoms with van der Waals surface area (Å²) >= 11 is 0. The van der Waals surface area contributed by atoms with Crippen molar-refractivity contribution in [3.05, 3.63) is 24.3 Å². The number of allylic oxidation sites excluding steroid dienone is 2. The van der Waals surface area contributed by atoms with Gasteiger partial charge in [-0.3, -0.25) is 24.0 Å². The molecule has 0 heterocycles. The fourth-order valence-electron chi connectivity index (χ4n) is 11.0. The lowest BCUT2D eigenvalue weighted by atomic mass is 9.43. The van der Waals surface area contributed by atoms with Gasteiger partial charge in [0.1, 0.15) is 6.10 Å². The van der Waals surface area contributed by atoms with Crippen LogP contribution >= 0.6 is 0 Å². The van der Waals surface area contributed by atoms with Crippen molar-refractivity contribution in [2.45, 2.75) is 99.2 Å². The maximum Gasteiger partial charge on any atom is 0.310 e. The van der Waals surface area contributed by atoms with Gasteiger partial charge in [0.25, 0.3) is 0 Å². The van der Waals surface area contributed by atoms with E-state index in [9.17, 15) is 29.1 Å². The second-order valence-electron chi connectivity index (χ2n) is 14.7. The van der Waals surface area contributed by atoms with Gasteiger partial charge >= 0.3 is 17.9 Å². The van der Waals surface area contributed by atoms with Crippen LogP contribution in [0.25, 0.3) is 0 Å². The van der Waals surface area contributed by atoms with Crippen LogP contribution in [0, 0.1) is 57.2 Å². The molecular weight excluding hydrogens is 536 g/mol. The molecule has 8 nitrogen and oxygen atoms in total. The predicted octanol–water partition coefficient (Wildman–Crippen LogP) is 5.34. The van der Waals surface area contributed by atoms with E-state index in [-0.39, 0.29) is 44.9 Å². The van der Waals surface area contributed by atoms with Gasteiger partial charge in [-0.2, -0.15) is 0 Å². The Hall–Kier alpha value is -2.77. The summed E-state index contributed by atoms with van der Waals surface area (Å²) in [5.74, 6) is -3.86. The van der Waals surface area contributed by atoms with Crippen molar-refractivity contribution in [3.63, 3.8) is 0 Å². The van der Waals surface area contributed by atoms with Crippen molar-refractivity contribution in [2.75, 3.05) is 0 Å². The highest BCUT2D eigenvalue weighted by molar-refractivity contribution is 6.03. The molecule has 0 aromatic carbocycles. The molecule has 0 aliphatic heterocycles. The van der Waals surface area contributed by atoms with E-state index in [1.165, 1.54) is 20.8 Å². The first-order valence-electron chi connectivity index (χ1n) is 15.5. The number of carbonyl (C=O) groups excluding carboxylic acids is 4. The predicted molar refractivity (Wildman–Crippen MR) is 154 cm³/mol. The first kappa shape index (κ1) is 30.7. The van der Waals surface area contributed by atoms with E-state index in [0.717, 1.165) is 32.1 Å². The summed E-state index contributed by atoms with van der Waals surface area (Å²) in [5.41, 5.74) is -0.562. The molecule has 4 saturated carbocycles. The zero-order valence-corrected chi connectivity index (χ0v) is 26.0. The third-order valence-electron chi connectivity index (χ3n) is 13.2. The minimum atomic E-state index is -1.24. The summed E-state index contributed by atoms with van der Waals surface area (Å²) in [6, 6.07) is 0. The van der Waals surface area contributed by atoms with Crippen molar-refractivity contribution in [2.24, 2.45) is 57.2 Å². The van der Waals surface area contributed by atoms with E-state index in [1.807, 2.05) is 13.0 Å². The van der Waals surface area contributed by atoms with Crippen LogP contribution in [-0.2, 0) is 33.4 Å². The van der Waals surface area contributed by atoms with Gasteiger partial charge < -0.3 is 14.6 Å². The standard InChI is InChI=1S/C34H46O8/c1-17(18(2)30(39)40)28(38)29(42-22(6)36)20(4)27-25(41-21(5)35)15-32(8)26-10-9-23-19(3)24(37)11-12-33(23)16-34(26,33)14-13-31(27,32)7/h11-12,18-20,23,25-27,29H,1,9-10,13-16H2,2-8H3,(H,39,40)/t18-,19+,20+,23+,25+,26+,27+,29-,31-,32+,33-,34+/m1/s1. The molecule has 0 aromatic heterocycles. The molecule has 0 amide bonds. The van der Waals surface area contributed by atoms with Crippen LogP contribution in [0.4, 0.5) is 0 Å². The Morgan fingerprint density at radius 1 is 1.05 bits per heavy atom. The molecule has 5 rings (SSSR count). The molecule has 2 spiro atoms. The highest BCUT2D eigenvalue weighted by atomic mass is 16.6. The average molecular weight is 583 g/mol. The molecule has 0 radical (unpaired) electrons. The van der Waals surface area contributed by atoms with Crippen molar-refractivity contribution < 1.29 is 38.6 Å². The van der Waals surface area contributed by atoms with Crippen LogP contribution in [0.2, 0.25) is 0 Å². The van der Waals surface area contributed by atoms with E-state index < -0.39 is 47.7 Å². The fourth-order valence-corrected chi connectivity index (χ4v) is 11.0. The Bertz CT molecular complexity index is 1280. The molecule has 0 unspecified atom stereocenters. The smallest absolute Gasteiger partial charge is 0.310 e. The maximum atomic E-state index is 13.7. The number of ketones is 2. The van der Waals surface area contributed by atoms with Crippen molar-refractivity contribution in [1.82, 2.24) is 0 Å². The Morgan fingerprint density at radius 3 is 2.31 bits per heavy atom. The third-order valence-corrected chi connectivity index (χ3v) is 13.2. The number of esters is 2. The minimum Gasteiger partial charge on any atom is -0.481 e. The van der Waals surface area contributed by atoms with Crippen molar-refractivity contribution >= 4 is 29.5 Å². The summed E-state index contributed by atoms with van der Waals surface area (Å²) in [6.45, 7) is 16.3. The van der Waals surface area contributed by atoms with Crippen LogP contribution in [-0.4, -0.2) is 46.8 Å².